The Bertz CT molecular complexity index is 942. The van der Waals surface area contributed by atoms with Crippen molar-refractivity contribution < 1.29 is 9.26 Å². The average Bonchev–Trinajstić information content (AvgIpc) is 3.09. The number of H-pyrrole nitrogens is 1. The van der Waals surface area contributed by atoms with Gasteiger partial charge >= 0.3 is 0 Å². The summed E-state index contributed by atoms with van der Waals surface area (Å²) in [5.41, 5.74) is 3.09. The van der Waals surface area contributed by atoms with E-state index < -0.39 is 0 Å². The summed E-state index contributed by atoms with van der Waals surface area (Å²) < 4.78 is 10.6. The number of hydrogen-bond acceptors (Lipinski definition) is 5. The first-order valence-electron chi connectivity index (χ1n) is 7.69. The normalized spacial score (nSPS) is 14.0. The first kappa shape index (κ1) is 14.6. The van der Waals surface area contributed by atoms with Gasteiger partial charge in [-0.1, -0.05) is 35.5 Å². The van der Waals surface area contributed by atoms with E-state index in [4.69, 9.17) is 9.26 Å². The summed E-state index contributed by atoms with van der Waals surface area (Å²) in [6.07, 6.45) is 4.31. The van der Waals surface area contributed by atoms with Crippen molar-refractivity contribution in [1.82, 2.24) is 15.1 Å². The van der Waals surface area contributed by atoms with E-state index >= 15 is 0 Å². The van der Waals surface area contributed by atoms with E-state index in [1.165, 1.54) is 0 Å². The van der Waals surface area contributed by atoms with Gasteiger partial charge in [0.1, 0.15) is 0 Å². The Kier molecular flexibility index (Phi) is 3.80. The lowest BCUT2D eigenvalue weighted by Crippen LogP contribution is -2.19. The van der Waals surface area contributed by atoms with Crippen LogP contribution in [0.1, 0.15) is 22.7 Å². The summed E-state index contributed by atoms with van der Waals surface area (Å²) in [6.45, 7) is 1.11. The largest absolute Gasteiger partial charge is 0.376 e. The number of hydrogen-bond donors (Lipinski definition) is 1. The number of rotatable bonds is 3. The highest BCUT2D eigenvalue weighted by Gasteiger charge is 2.17. The van der Waals surface area contributed by atoms with Crippen LogP contribution in [0.3, 0.4) is 0 Å². The first-order valence-corrected chi connectivity index (χ1v) is 7.69. The van der Waals surface area contributed by atoms with Crippen LogP contribution in [0, 0.1) is 0 Å². The van der Waals surface area contributed by atoms with Gasteiger partial charge in [0.05, 0.1) is 18.8 Å². The van der Waals surface area contributed by atoms with Crippen LogP contribution in [-0.2, 0) is 17.8 Å². The summed E-state index contributed by atoms with van der Waals surface area (Å²) in [5, 5.41) is 3.91. The highest BCUT2D eigenvalue weighted by Crippen LogP contribution is 2.19. The maximum Gasteiger partial charge on any atom is 0.259 e. The van der Waals surface area contributed by atoms with Crippen molar-refractivity contribution in [3.05, 3.63) is 69.5 Å². The van der Waals surface area contributed by atoms with Gasteiger partial charge in [-0.3, -0.25) is 4.79 Å². The Morgan fingerprint density at radius 3 is 2.92 bits per heavy atom. The van der Waals surface area contributed by atoms with Gasteiger partial charge in [-0.05, 0) is 23.3 Å². The molecule has 0 saturated carbocycles. The zero-order chi connectivity index (χ0) is 16.4. The monoisotopic (exact) mass is 321 g/mol. The fourth-order valence-electron chi connectivity index (χ4n) is 2.63. The van der Waals surface area contributed by atoms with Gasteiger partial charge in [0.2, 0.25) is 5.82 Å². The lowest BCUT2D eigenvalue weighted by atomic mass is 10.1. The third-order valence-corrected chi connectivity index (χ3v) is 3.87. The van der Waals surface area contributed by atoms with Crippen molar-refractivity contribution in [3.63, 3.8) is 0 Å². The van der Waals surface area contributed by atoms with Gasteiger partial charge < -0.3 is 14.2 Å². The van der Waals surface area contributed by atoms with Gasteiger partial charge in [0.15, 0.2) is 0 Å². The average molecular weight is 321 g/mol. The van der Waals surface area contributed by atoms with Crippen molar-refractivity contribution >= 4 is 12.2 Å². The third kappa shape index (κ3) is 2.91. The lowest BCUT2D eigenvalue weighted by Gasteiger charge is -2.15. The van der Waals surface area contributed by atoms with Crippen LogP contribution in [0.25, 0.3) is 23.5 Å². The molecule has 4 rings (SSSR count). The number of benzene rings is 1. The van der Waals surface area contributed by atoms with Gasteiger partial charge in [-0.25, -0.2) is 0 Å². The van der Waals surface area contributed by atoms with Crippen LogP contribution >= 0.6 is 0 Å². The predicted molar refractivity (Wildman–Crippen MR) is 89.1 cm³/mol. The van der Waals surface area contributed by atoms with Crippen LogP contribution in [0.5, 0.6) is 0 Å². The Morgan fingerprint density at radius 1 is 1.17 bits per heavy atom. The van der Waals surface area contributed by atoms with E-state index in [1.807, 2.05) is 36.4 Å². The predicted octanol–water partition coefficient (Wildman–Crippen LogP) is 2.67. The molecular formula is C18H15N3O3. The number of nitrogens with zero attached hydrogens (tertiary/aromatic N) is 2. The first-order chi connectivity index (χ1) is 11.8. The second-order valence-electron chi connectivity index (χ2n) is 5.52. The molecule has 0 spiro atoms. The highest BCUT2D eigenvalue weighted by molar-refractivity contribution is 5.66. The van der Waals surface area contributed by atoms with E-state index in [-0.39, 0.29) is 11.4 Å². The van der Waals surface area contributed by atoms with Crippen molar-refractivity contribution in [2.24, 2.45) is 0 Å². The molecule has 3 aromatic rings. The minimum absolute atomic E-state index is 0.213. The van der Waals surface area contributed by atoms with Crippen LogP contribution in [0.4, 0.5) is 0 Å². The van der Waals surface area contributed by atoms with Crippen molar-refractivity contribution in [2.75, 3.05) is 6.61 Å². The SMILES string of the molecule is O=c1[nH]c2c(cc1-c1noc(/C=C/c3ccccc3)n1)COCC2. The quantitative estimate of drug-likeness (QED) is 0.802. The molecule has 0 amide bonds. The number of aromatic amines is 1. The Balaban J connectivity index is 1.63. The molecule has 24 heavy (non-hydrogen) atoms. The van der Waals surface area contributed by atoms with E-state index in [2.05, 4.69) is 15.1 Å². The zero-order valence-corrected chi connectivity index (χ0v) is 12.9. The van der Waals surface area contributed by atoms with Gasteiger partial charge in [-0.2, -0.15) is 4.98 Å². The molecule has 0 fully saturated rings. The highest BCUT2D eigenvalue weighted by atomic mass is 16.5. The summed E-state index contributed by atoms with van der Waals surface area (Å²) in [4.78, 5) is 19.4. The molecule has 2 aromatic heterocycles. The molecule has 1 aliphatic rings. The molecule has 1 N–H and O–H groups in total. The molecule has 0 unspecified atom stereocenters. The number of pyridine rings is 1. The molecule has 120 valence electrons. The Labute approximate surface area is 137 Å². The van der Waals surface area contributed by atoms with E-state index in [1.54, 1.807) is 12.1 Å². The Hall–Kier alpha value is -2.99. The van der Waals surface area contributed by atoms with E-state index in [0.717, 1.165) is 16.8 Å². The number of ether oxygens (including phenoxy) is 1. The molecule has 6 nitrogen and oxygen atoms in total. The summed E-state index contributed by atoms with van der Waals surface area (Å²) in [6, 6.07) is 11.6. The summed E-state index contributed by atoms with van der Waals surface area (Å²) in [7, 11) is 0. The minimum Gasteiger partial charge on any atom is -0.376 e. The molecule has 1 aromatic carbocycles. The van der Waals surface area contributed by atoms with Crippen molar-refractivity contribution in [3.8, 4) is 11.4 Å². The van der Waals surface area contributed by atoms with E-state index in [0.29, 0.717) is 31.1 Å². The topological polar surface area (TPSA) is 81.0 Å². The van der Waals surface area contributed by atoms with Crippen LogP contribution < -0.4 is 5.56 Å². The summed E-state index contributed by atoms with van der Waals surface area (Å²) >= 11 is 0. The molecule has 1 aliphatic heterocycles. The zero-order valence-electron chi connectivity index (χ0n) is 12.9. The standard InChI is InChI=1S/C18H15N3O3/c22-18-14(10-13-11-23-9-8-15(13)19-18)17-20-16(24-21-17)7-6-12-4-2-1-3-5-12/h1-7,10H,8-9,11H2,(H,19,22)/b7-6+. The fourth-order valence-corrected chi connectivity index (χ4v) is 2.63. The molecule has 0 saturated heterocycles. The van der Waals surface area contributed by atoms with Crippen LogP contribution in [0.2, 0.25) is 0 Å². The minimum atomic E-state index is -0.213. The van der Waals surface area contributed by atoms with Crippen molar-refractivity contribution in [2.45, 2.75) is 13.0 Å². The molecule has 0 aliphatic carbocycles. The molecule has 0 atom stereocenters. The van der Waals surface area contributed by atoms with Gasteiger partial charge in [-0.15, -0.1) is 0 Å². The molecule has 0 bridgehead atoms. The van der Waals surface area contributed by atoms with Crippen molar-refractivity contribution in [1.29, 1.82) is 0 Å². The molecule has 3 heterocycles. The van der Waals surface area contributed by atoms with Crippen LogP contribution in [0.15, 0.2) is 45.7 Å². The van der Waals surface area contributed by atoms with E-state index in [9.17, 15) is 4.79 Å². The smallest absolute Gasteiger partial charge is 0.259 e. The number of fused-ring (bicyclic) bond motifs is 1. The fraction of sp³-hybridized carbons (Fsp3) is 0.167. The third-order valence-electron chi connectivity index (χ3n) is 3.87. The van der Waals surface area contributed by atoms with Gasteiger partial charge in [0, 0.05) is 18.2 Å². The number of aromatic nitrogens is 3. The summed E-state index contributed by atoms with van der Waals surface area (Å²) in [5.74, 6) is 0.625. The molecular weight excluding hydrogens is 306 g/mol. The van der Waals surface area contributed by atoms with Crippen LogP contribution in [-0.4, -0.2) is 21.7 Å². The lowest BCUT2D eigenvalue weighted by molar-refractivity contribution is 0.109. The Morgan fingerprint density at radius 2 is 2.04 bits per heavy atom. The van der Waals surface area contributed by atoms with Gasteiger partial charge in [0.25, 0.3) is 11.4 Å². The second kappa shape index (κ2) is 6.25. The number of nitrogens with one attached hydrogen (secondary N) is 1. The molecule has 0 radical (unpaired) electrons. The second-order valence-corrected chi connectivity index (χ2v) is 5.52. The molecule has 6 heteroatoms. The maximum absolute atomic E-state index is 12.2. The maximum atomic E-state index is 12.2.